The van der Waals surface area contributed by atoms with Crippen molar-refractivity contribution in [2.45, 2.75) is 18.9 Å². The van der Waals surface area contributed by atoms with Gasteiger partial charge in [0.25, 0.3) is 0 Å². The third-order valence-electron chi connectivity index (χ3n) is 2.89. The van der Waals surface area contributed by atoms with Crippen LogP contribution >= 0.6 is 0 Å². The molecule has 0 radical (unpaired) electrons. The minimum absolute atomic E-state index is 0.000256. The van der Waals surface area contributed by atoms with E-state index in [0.29, 0.717) is 13.0 Å². The largest absolute Gasteiger partial charge is 0.340 e. The van der Waals surface area contributed by atoms with Crippen molar-refractivity contribution in [3.05, 3.63) is 35.9 Å². The summed E-state index contributed by atoms with van der Waals surface area (Å²) in [5.74, 6) is 5.25. The summed E-state index contributed by atoms with van der Waals surface area (Å²) >= 11 is 0. The molecule has 4 nitrogen and oxygen atoms in total. The molecule has 1 atom stereocenters. The van der Waals surface area contributed by atoms with E-state index in [2.05, 4.69) is 0 Å². The fourth-order valence-corrected chi connectivity index (χ4v) is 1.95. The summed E-state index contributed by atoms with van der Waals surface area (Å²) in [6.07, 6.45) is 1.29. The molecule has 4 heteroatoms. The Labute approximate surface area is 94.9 Å². The lowest BCUT2D eigenvalue weighted by molar-refractivity contribution is -0.129. The summed E-state index contributed by atoms with van der Waals surface area (Å²) in [6.45, 7) is 1.36. The second-order valence-electron chi connectivity index (χ2n) is 4.05. The molecule has 2 rings (SSSR count). The molecule has 1 amide bonds. The molecule has 0 aromatic heterocycles. The Hall–Kier alpha value is -1.39. The highest BCUT2D eigenvalue weighted by Gasteiger charge is 2.26. The maximum absolute atomic E-state index is 11.9. The molecule has 1 saturated heterocycles. The molecule has 1 aromatic carbocycles. The topological polar surface area (TPSA) is 55.6 Å². The lowest BCUT2D eigenvalue weighted by Crippen LogP contribution is -2.31. The smallest absolute Gasteiger partial charge is 0.227 e. The van der Waals surface area contributed by atoms with E-state index in [4.69, 9.17) is 10.7 Å². The monoisotopic (exact) mass is 220 g/mol. The summed E-state index contributed by atoms with van der Waals surface area (Å²) in [4.78, 5) is 18.5. The van der Waals surface area contributed by atoms with Crippen molar-refractivity contribution < 1.29 is 9.63 Å². The second kappa shape index (κ2) is 5.09. The summed E-state index contributed by atoms with van der Waals surface area (Å²) in [5, 5.41) is 0. The van der Waals surface area contributed by atoms with E-state index in [1.165, 1.54) is 0 Å². The first kappa shape index (κ1) is 11.1. The fraction of sp³-hybridized carbons (Fsp3) is 0.417. The van der Waals surface area contributed by atoms with Crippen LogP contribution in [0, 0.1) is 0 Å². The van der Waals surface area contributed by atoms with Crippen LogP contribution in [0.4, 0.5) is 0 Å². The molecule has 0 aliphatic carbocycles. The first-order chi connectivity index (χ1) is 7.79. The zero-order chi connectivity index (χ0) is 11.4. The molecular weight excluding hydrogens is 204 g/mol. The van der Waals surface area contributed by atoms with Crippen LogP contribution in [-0.4, -0.2) is 30.0 Å². The number of nitrogens with zero attached hydrogens (tertiary/aromatic N) is 1. The summed E-state index contributed by atoms with van der Waals surface area (Å²) in [7, 11) is 0. The van der Waals surface area contributed by atoms with Gasteiger partial charge in [-0.25, -0.2) is 5.90 Å². The first-order valence-corrected chi connectivity index (χ1v) is 5.47. The van der Waals surface area contributed by atoms with Crippen molar-refractivity contribution >= 4 is 5.91 Å². The molecule has 1 aliphatic rings. The third kappa shape index (κ3) is 2.59. The van der Waals surface area contributed by atoms with E-state index < -0.39 is 0 Å². The van der Waals surface area contributed by atoms with Crippen molar-refractivity contribution in [2.75, 3.05) is 13.1 Å². The van der Waals surface area contributed by atoms with Gasteiger partial charge in [0, 0.05) is 13.1 Å². The molecule has 86 valence electrons. The zero-order valence-electron chi connectivity index (χ0n) is 9.13. The number of carbonyl (C=O) groups excluding carboxylic acids is 1. The van der Waals surface area contributed by atoms with Crippen LogP contribution in [-0.2, 0) is 16.1 Å². The van der Waals surface area contributed by atoms with E-state index in [-0.39, 0.29) is 12.0 Å². The van der Waals surface area contributed by atoms with Crippen molar-refractivity contribution in [2.24, 2.45) is 5.90 Å². The molecule has 2 N–H and O–H groups in total. The predicted molar refractivity (Wildman–Crippen MR) is 60.4 cm³/mol. The number of benzene rings is 1. The SMILES string of the molecule is NOC1CCN(C(=O)Cc2ccccc2)C1. The van der Waals surface area contributed by atoms with Crippen LogP contribution < -0.4 is 5.90 Å². The molecule has 0 saturated carbocycles. The van der Waals surface area contributed by atoms with E-state index in [0.717, 1.165) is 18.5 Å². The summed E-state index contributed by atoms with van der Waals surface area (Å²) in [6, 6.07) is 9.76. The minimum atomic E-state index is -0.000256. The van der Waals surface area contributed by atoms with Crippen LogP contribution in [0.15, 0.2) is 30.3 Å². The summed E-state index contributed by atoms with van der Waals surface area (Å²) in [5.41, 5.74) is 1.05. The Balaban J connectivity index is 1.90. The molecule has 1 unspecified atom stereocenters. The van der Waals surface area contributed by atoms with Gasteiger partial charge in [0.2, 0.25) is 5.91 Å². The Morgan fingerprint density at radius 3 is 2.81 bits per heavy atom. The van der Waals surface area contributed by atoms with Gasteiger partial charge in [-0.3, -0.25) is 9.63 Å². The van der Waals surface area contributed by atoms with Gasteiger partial charge in [0.1, 0.15) is 0 Å². The number of amides is 1. The van der Waals surface area contributed by atoms with Gasteiger partial charge in [-0.1, -0.05) is 30.3 Å². The van der Waals surface area contributed by atoms with E-state index >= 15 is 0 Å². The van der Waals surface area contributed by atoms with Gasteiger partial charge in [-0.2, -0.15) is 0 Å². The quantitative estimate of drug-likeness (QED) is 0.764. The lowest BCUT2D eigenvalue weighted by Gasteiger charge is -2.15. The van der Waals surface area contributed by atoms with Crippen LogP contribution in [0.25, 0.3) is 0 Å². The minimum Gasteiger partial charge on any atom is -0.340 e. The van der Waals surface area contributed by atoms with Gasteiger partial charge >= 0.3 is 0 Å². The van der Waals surface area contributed by atoms with Crippen molar-refractivity contribution in [3.63, 3.8) is 0 Å². The maximum atomic E-state index is 11.9. The molecule has 1 aromatic rings. The lowest BCUT2D eigenvalue weighted by atomic mass is 10.1. The normalized spacial score (nSPS) is 20.1. The third-order valence-corrected chi connectivity index (χ3v) is 2.89. The number of likely N-dealkylation sites (tertiary alicyclic amines) is 1. The Kier molecular flexibility index (Phi) is 3.54. The van der Waals surface area contributed by atoms with Gasteiger partial charge < -0.3 is 4.90 Å². The van der Waals surface area contributed by atoms with Crippen LogP contribution in [0.2, 0.25) is 0 Å². The molecule has 0 bridgehead atoms. The fourth-order valence-electron chi connectivity index (χ4n) is 1.95. The summed E-state index contributed by atoms with van der Waals surface area (Å²) < 4.78 is 0. The van der Waals surface area contributed by atoms with Crippen molar-refractivity contribution in [3.8, 4) is 0 Å². The van der Waals surface area contributed by atoms with E-state index in [9.17, 15) is 4.79 Å². The molecule has 16 heavy (non-hydrogen) atoms. The first-order valence-electron chi connectivity index (χ1n) is 5.47. The number of hydrogen-bond acceptors (Lipinski definition) is 3. The number of hydrogen-bond donors (Lipinski definition) is 1. The molecule has 1 aliphatic heterocycles. The van der Waals surface area contributed by atoms with Gasteiger partial charge in [-0.15, -0.1) is 0 Å². The maximum Gasteiger partial charge on any atom is 0.227 e. The number of rotatable bonds is 3. The van der Waals surface area contributed by atoms with Crippen molar-refractivity contribution in [1.82, 2.24) is 4.90 Å². The highest BCUT2D eigenvalue weighted by atomic mass is 16.6. The van der Waals surface area contributed by atoms with Crippen molar-refractivity contribution in [1.29, 1.82) is 0 Å². The highest BCUT2D eigenvalue weighted by Crippen LogP contribution is 2.13. The average molecular weight is 220 g/mol. The zero-order valence-corrected chi connectivity index (χ0v) is 9.13. The predicted octanol–water partition coefficient (Wildman–Crippen LogP) is 0.720. The second-order valence-corrected chi connectivity index (χ2v) is 4.05. The Morgan fingerprint density at radius 1 is 1.44 bits per heavy atom. The van der Waals surface area contributed by atoms with Crippen LogP contribution in [0.5, 0.6) is 0 Å². The number of nitrogens with two attached hydrogens (primary N) is 1. The van der Waals surface area contributed by atoms with Crippen LogP contribution in [0.3, 0.4) is 0 Å². The van der Waals surface area contributed by atoms with Crippen LogP contribution in [0.1, 0.15) is 12.0 Å². The highest BCUT2D eigenvalue weighted by molar-refractivity contribution is 5.79. The van der Waals surface area contributed by atoms with Gasteiger partial charge in [0.05, 0.1) is 12.5 Å². The van der Waals surface area contributed by atoms with E-state index in [1.54, 1.807) is 0 Å². The molecular formula is C12H16N2O2. The molecule has 1 heterocycles. The average Bonchev–Trinajstić information content (AvgIpc) is 2.79. The van der Waals surface area contributed by atoms with Gasteiger partial charge in [0.15, 0.2) is 0 Å². The Morgan fingerprint density at radius 2 is 2.19 bits per heavy atom. The van der Waals surface area contributed by atoms with E-state index in [1.807, 2.05) is 35.2 Å². The number of carbonyl (C=O) groups is 1. The molecule has 1 fully saturated rings. The molecule has 0 spiro atoms. The standard InChI is InChI=1S/C12H16N2O2/c13-16-11-6-7-14(9-11)12(15)8-10-4-2-1-3-5-10/h1-5,11H,6-9,13H2. The Bertz CT molecular complexity index is 353. The van der Waals surface area contributed by atoms with Gasteiger partial charge in [-0.05, 0) is 12.0 Å².